The Bertz CT molecular complexity index is 145. The van der Waals surface area contributed by atoms with Gasteiger partial charge in [0, 0.05) is 25.2 Å². The van der Waals surface area contributed by atoms with Crippen LogP contribution in [0.2, 0.25) is 0 Å². The first-order chi connectivity index (χ1) is 6.77. The van der Waals surface area contributed by atoms with Gasteiger partial charge in [-0.1, -0.05) is 20.3 Å². The van der Waals surface area contributed by atoms with E-state index in [9.17, 15) is 0 Å². The molecule has 0 aliphatic heterocycles. The van der Waals surface area contributed by atoms with Crippen LogP contribution in [0.15, 0.2) is 0 Å². The molecule has 14 heavy (non-hydrogen) atoms. The fourth-order valence-corrected chi connectivity index (χ4v) is 2.19. The van der Waals surface area contributed by atoms with Crippen LogP contribution in [0.1, 0.15) is 33.1 Å². The molecule has 0 bridgehead atoms. The van der Waals surface area contributed by atoms with Crippen molar-refractivity contribution < 1.29 is 0 Å². The predicted molar refractivity (Wildman–Crippen MR) is 61.4 cm³/mol. The predicted octanol–water partition coefficient (Wildman–Crippen LogP) is 0.798. The molecule has 0 spiro atoms. The maximum atomic E-state index is 5.98. The van der Waals surface area contributed by atoms with Gasteiger partial charge in [0.05, 0.1) is 0 Å². The molecule has 1 rings (SSSR count). The third-order valence-electron chi connectivity index (χ3n) is 3.30. The third kappa shape index (κ3) is 3.56. The molecule has 3 N–H and O–H groups in total. The topological polar surface area (TPSA) is 41.3 Å². The summed E-state index contributed by atoms with van der Waals surface area (Å²) in [5.41, 5.74) is 5.98. The maximum Gasteiger partial charge on any atom is 0.0219 e. The monoisotopic (exact) mass is 199 g/mol. The first-order valence-electron chi connectivity index (χ1n) is 5.99. The lowest BCUT2D eigenvalue weighted by atomic mass is 10.2. The van der Waals surface area contributed by atoms with Gasteiger partial charge in [-0.15, -0.1) is 0 Å². The molecule has 84 valence electrons. The van der Waals surface area contributed by atoms with E-state index in [1.807, 2.05) is 0 Å². The first kappa shape index (κ1) is 12.0. The number of nitrogens with two attached hydrogens (primary N) is 1. The van der Waals surface area contributed by atoms with Crippen molar-refractivity contribution in [3.8, 4) is 0 Å². The summed E-state index contributed by atoms with van der Waals surface area (Å²) in [6, 6.07) is 0.970. The zero-order valence-electron chi connectivity index (χ0n) is 9.63. The molecule has 1 aliphatic rings. The molecule has 0 heterocycles. The van der Waals surface area contributed by atoms with Gasteiger partial charge in [-0.2, -0.15) is 0 Å². The lowest BCUT2D eigenvalue weighted by Crippen LogP contribution is -2.44. The van der Waals surface area contributed by atoms with Gasteiger partial charge >= 0.3 is 0 Å². The van der Waals surface area contributed by atoms with Crippen molar-refractivity contribution in [2.45, 2.75) is 45.2 Å². The second kappa shape index (κ2) is 6.38. The molecule has 0 radical (unpaired) electrons. The molecule has 0 amide bonds. The summed E-state index contributed by atoms with van der Waals surface area (Å²) in [6.45, 7) is 8.95. The molecule has 0 aromatic heterocycles. The van der Waals surface area contributed by atoms with Crippen molar-refractivity contribution in [1.82, 2.24) is 10.2 Å². The Morgan fingerprint density at radius 1 is 1.29 bits per heavy atom. The van der Waals surface area contributed by atoms with Gasteiger partial charge < -0.3 is 16.0 Å². The molecular weight excluding hydrogens is 174 g/mol. The summed E-state index contributed by atoms with van der Waals surface area (Å²) in [7, 11) is 0. The van der Waals surface area contributed by atoms with Crippen LogP contribution in [-0.4, -0.2) is 43.2 Å². The van der Waals surface area contributed by atoms with Crippen molar-refractivity contribution in [3.63, 3.8) is 0 Å². The Kier molecular flexibility index (Phi) is 5.45. The third-order valence-corrected chi connectivity index (χ3v) is 3.30. The number of hydrogen-bond acceptors (Lipinski definition) is 3. The number of nitrogens with one attached hydrogen (secondary N) is 1. The minimum atomic E-state index is 0.395. The Labute approximate surface area is 88.0 Å². The van der Waals surface area contributed by atoms with Crippen LogP contribution in [0.4, 0.5) is 0 Å². The van der Waals surface area contributed by atoms with Gasteiger partial charge in [0.25, 0.3) is 0 Å². The Hall–Kier alpha value is -0.120. The van der Waals surface area contributed by atoms with Gasteiger partial charge in [-0.25, -0.2) is 0 Å². The van der Waals surface area contributed by atoms with Gasteiger partial charge in [-0.3, -0.25) is 0 Å². The number of likely N-dealkylation sites (N-methyl/N-ethyl adjacent to an activating group) is 1. The molecule has 0 aromatic carbocycles. The van der Waals surface area contributed by atoms with E-state index in [2.05, 4.69) is 24.1 Å². The Morgan fingerprint density at radius 2 is 2.00 bits per heavy atom. The lowest BCUT2D eigenvalue weighted by Gasteiger charge is -2.21. The van der Waals surface area contributed by atoms with Gasteiger partial charge in [0.2, 0.25) is 0 Å². The van der Waals surface area contributed by atoms with Crippen LogP contribution in [0.5, 0.6) is 0 Å². The zero-order valence-corrected chi connectivity index (χ0v) is 9.63. The zero-order chi connectivity index (χ0) is 10.4. The average molecular weight is 199 g/mol. The summed E-state index contributed by atoms with van der Waals surface area (Å²) >= 11 is 0. The number of hydrogen-bond donors (Lipinski definition) is 2. The highest BCUT2D eigenvalue weighted by molar-refractivity contribution is 4.85. The van der Waals surface area contributed by atoms with Crippen molar-refractivity contribution in [1.29, 1.82) is 0 Å². The van der Waals surface area contributed by atoms with E-state index in [0.717, 1.165) is 26.2 Å². The quantitative estimate of drug-likeness (QED) is 0.665. The molecule has 1 saturated carbocycles. The van der Waals surface area contributed by atoms with Gasteiger partial charge in [0.15, 0.2) is 0 Å². The largest absolute Gasteiger partial charge is 0.326 e. The van der Waals surface area contributed by atoms with Crippen LogP contribution in [0.3, 0.4) is 0 Å². The first-order valence-corrected chi connectivity index (χ1v) is 5.99. The summed E-state index contributed by atoms with van der Waals surface area (Å²) in [4.78, 5) is 2.44. The van der Waals surface area contributed by atoms with E-state index in [1.54, 1.807) is 0 Å². The van der Waals surface area contributed by atoms with Crippen LogP contribution >= 0.6 is 0 Å². The minimum absolute atomic E-state index is 0.395. The lowest BCUT2D eigenvalue weighted by molar-refractivity contribution is 0.294. The minimum Gasteiger partial charge on any atom is -0.326 e. The van der Waals surface area contributed by atoms with E-state index in [0.29, 0.717) is 12.1 Å². The fraction of sp³-hybridized carbons (Fsp3) is 1.00. The van der Waals surface area contributed by atoms with Crippen LogP contribution in [-0.2, 0) is 0 Å². The normalized spacial score (nSPS) is 27.4. The number of nitrogens with zero attached hydrogens (tertiary/aromatic N) is 1. The van der Waals surface area contributed by atoms with Crippen LogP contribution < -0.4 is 11.1 Å². The Morgan fingerprint density at radius 3 is 2.50 bits per heavy atom. The Balaban J connectivity index is 2.08. The molecular formula is C11H25N3. The second-order valence-electron chi connectivity index (χ2n) is 4.18. The molecule has 2 atom stereocenters. The molecule has 0 saturated heterocycles. The van der Waals surface area contributed by atoms with Crippen molar-refractivity contribution >= 4 is 0 Å². The highest BCUT2D eigenvalue weighted by Gasteiger charge is 2.22. The summed E-state index contributed by atoms with van der Waals surface area (Å²) < 4.78 is 0. The molecule has 2 unspecified atom stereocenters. The second-order valence-corrected chi connectivity index (χ2v) is 4.18. The fourth-order valence-electron chi connectivity index (χ4n) is 2.19. The van der Waals surface area contributed by atoms with E-state index < -0.39 is 0 Å². The smallest absolute Gasteiger partial charge is 0.0219 e. The molecule has 1 fully saturated rings. The van der Waals surface area contributed by atoms with Crippen molar-refractivity contribution in [3.05, 3.63) is 0 Å². The van der Waals surface area contributed by atoms with E-state index in [4.69, 9.17) is 5.73 Å². The summed E-state index contributed by atoms with van der Waals surface area (Å²) in [5, 5.41) is 3.56. The highest BCUT2D eigenvalue weighted by Crippen LogP contribution is 2.16. The van der Waals surface area contributed by atoms with E-state index in [1.165, 1.54) is 19.3 Å². The van der Waals surface area contributed by atoms with Gasteiger partial charge in [0.1, 0.15) is 0 Å². The molecule has 1 aliphatic carbocycles. The van der Waals surface area contributed by atoms with Crippen molar-refractivity contribution in [2.75, 3.05) is 26.2 Å². The maximum absolute atomic E-state index is 5.98. The standard InChI is InChI=1S/C11H25N3/c1-3-14(4-2)9-8-13-11-7-5-6-10(11)12/h10-11,13H,3-9,12H2,1-2H3. The average Bonchev–Trinajstić information content (AvgIpc) is 2.59. The summed E-state index contributed by atoms with van der Waals surface area (Å²) in [6.07, 6.45) is 3.76. The van der Waals surface area contributed by atoms with Crippen LogP contribution in [0.25, 0.3) is 0 Å². The SMILES string of the molecule is CCN(CC)CCNC1CCCC1N. The van der Waals surface area contributed by atoms with Gasteiger partial charge in [-0.05, 0) is 25.9 Å². The summed E-state index contributed by atoms with van der Waals surface area (Å²) in [5.74, 6) is 0. The van der Waals surface area contributed by atoms with Crippen molar-refractivity contribution in [2.24, 2.45) is 5.73 Å². The highest BCUT2D eigenvalue weighted by atomic mass is 15.1. The molecule has 0 aromatic rings. The number of rotatable bonds is 6. The molecule has 3 nitrogen and oxygen atoms in total. The van der Waals surface area contributed by atoms with E-state index in [-0.39, 0.29) is 0 Å². The van der Waals surface area contributed by atoms with E-state index >= 15 is 0 Å². The van der Waals surface area contributed by atoms with Crippen LogP contribution in [0, 0.1) is 0 Å². The molecule has 3 heteroatoms.